The van der Waals surface area contributed by atoms with Crippen molar-refractivity contribution in [3.8, 4) is 0 Å². The van der Waals surface area contributed by atoms with Gasteiger partial charge in [0.15, 0.2) is 0 Å². The van der Waals surface area contributed by atoms with Crippen LogP contribution in [0.15, 0.2) is 0 Å². The highest BCUT2D eigenvalue weighted by atomic mass is 15.2. The van der Waals surface area contributed by atoms with Crippen LogP contribution in [0.4, 0.5) is 0 Å². The van der Waals surface area contributed by atoms with Crippen molar-refractivity contribution in [2.45, 2.75) is 63.1 Å². The van der Waals surface area contributed by atoms with Crippen LogP contribution in [-0.4, -0.2) is 36.1 Å². The Morgan fingerprint density at radius 3 is 2.06 bits per heavy atom. The van der Waals surface area contributed by atoms with Gasteiger partial charge in [-0.1, -0.05) is 0 Å². The predicted molar refractivity (Wildman–Crippen MR) is 65.4 cm³/mol. The molecule has 1 aliphatic heterocycles. The van der Waals surface area contributed by atoms with Gasteiger partial charge in [-0.3, -0.25) is 4.90 Å². The minimum atomic E-state index is 0.826. The number of nitrogens with one attached hydrogen (secondary N) is 1. The van der Waals surface area contributed by atoms with E-state index in [4.69, 9.17) is 0 Å². The average Bonchev–Trinajstić information content (AvgIpc) is 3.04. The number of nitrogens with zero attached hydrogens (tertiary/aromatic N) is 1. The van der Waals surface area contributed by atoms with E-state index < -0.39 is 0 Å². The Labute approximate surface area is 98.8 Å². The summed E-state index contributed by atoms with van der Waals surface area (Å²) in [7, 11) is 0. The normalized spacial score (nSPS) is 36.2. The fraction of sp³-hybridized carbons (Fsp3) is 1.00. The molecule has 1 N–H and O–H groups in total. The van der Waals surface area contributed by atoms with Gasteiger partial charge in [0.25, 0.3) is 0 Å². The van der Waals surface area contributed by atoms with Gasteiger partial charge in [-0.05, 0) is 56.8 Å². The second-order valence-electron chi connectivity index (χ2n) is 6.59. The summed E-state index contributed by atoms with van der Waals surface area (Å²) in [6.45, 7) is 2.73. The lowest BCUT2D eigenvalue weighted by Gasteiger charge is -2.28. The van der Waals surface area contributed by atoms with Crippen molar-refractivity contribution in [3.05, 3.63) is 0 Å². The molecule has 16 heavy (non-hydrogen) atoms. The van der Waals surface area contributed by atoms with Gasteiger partial charge < -0.3 is 5.32 Å². The largest absolute Gasteiger partial charge is 0.310 e. The van der Waals surface area contributed by atoms with Crippen LogP contribution in [-0.2, 0) is 0 Å². The lowest BCUT2D eigenvalue weighted by Crippen LogP contribution is -2.40. The van der Waals surface area contributed by atoms with Crippen molar-refractivity contribution < 1.29 is 0 Å². The van der Waals surface area contributed by atoms with E-state index >= 15 is 0 Å². The van der Waals surface area contributed by atoms with Crippen LogP contribution in [0.3, 0.4) is 0 Å². The van der Waals surface area contributed by atoms with Crippen LogP contribution in [0.2, 0.25) is 0 Å². The highest BCUT2D eigenvalue weighted by Crippen LogP contribution is 2.47. The van der Waals surface area contributed by atoms with Crippen LogP contribution < -0.4 is 5.32 Å². The van der Waals surface area contributed by atoms with E-state index in [1.165, 1.54) is 58.0 Å². The van der Waals surface area contributed by atoms with Crippen LogP contribution in [0, 0.1) is 11.8 Å². The van der Waals surface area contributed by atoms with E-state index in [0.29, 0.717) is 0 Å². The van der Waals surface area contributed by atoms with E-state index in [9.17, 15) is 0 Å². The Morgan fingerprint density at radius 2 is 1.50 bits per heavy atom. The molecule has 4 rings (SSSR count). The lowest BCUT2D eigenvalue weighted by molar-refractivity contribution is 0.189. The van der Waals surface area contributed by atoms with Crippen molar-refractivity contribution in [1.82, 2.24) is 10.2 Å². The molecule has 0 spiro atoms. The third-order valence-electron chi connectivity index (χ3n) is 4.90. The van der Waals surface area contributed by atoms with E-state index in [0.717, 1.165) is 30.0 Å². The molecule has 90 valence electrons. The summed E-state index contributed by atoms with van der Waals surface area (Å²) < 4.78 is 0. The van der Waals surface area contributed by atoms with Crippen molar-refractivity contribution in [3.63, 3.8) is 0 Å². The van der Waals surface area contributed by atoms with Crippen LogP contribution >= 0.6 is 0 Å². The van der Waals surface area contributed by atoms with Crippen molar-refractivity contribution in [2.24, 2.45) is 11.8 Å². The quantitative estimate of drug-likeness (QED) is 0.762. The summed E-state index contributed by atoms with van der Waals surface area (Å²) in [5.41, 5.74) is 0. The van der Waals surface area contributed by atoms with E-state index in [1.54, 1.807) is 0 Å². The zero-order chi connectivity index (χ0) is 10.5. The van der Waals surface area contributed by atoms with Gasteiger partial charge in [0.2, 0.25) is 0 Å². The summed E-state index contributed by atoms with van der Waals surface area (Å²) in [5, 5.41) is 3.81. The van der Waals surface area contributed by atoms with E-state index in [-0.39, 0.29) is 0 Å². The average molecular weight is 220 g/mol. The van der Waals surface area contributed by atoms with Gasteiger partial charge in [0, 0.05) is 31.2 Å². The molecule has 1 heterocycles. The molecule has 0 radical (unpaired) electrons. The van der Waals surface area contributed by atoms with Gasteiger partial charge in [-0.2, -0.15) is 0 Å². The Hall–Kier alpha value is -0.0800. The smallest absolute Gasteiger partial charge is 0.0209 e. The van der Waals surface area contributed by atoms with Gasteiger partial charge in [-0.25, -0.2) is 0 Å². The third-order valence-corrected chi connectivity index (χ3v) is 4.90. The summed E-state index contributed by atoms with van der Waals surface area (Å²) in [4.78, 5) is 2.84. The maximum Gasteiger partial charge on any atom is 0.0209 e. The SMILES string of the molecule is C1CC1NC1CCN(C(C2CC2)C2CC2)C1. The topological polar surface area (TPSA) is 15.3 Å². The molecule has 1 saturated heterocycles. The molecule has 1 atom stereocenters. The number of rotatable bonds is 5. The number of likely N-dealkylation sites (tertiary alicyclic amines) is 1. The highest BCUT2D eigenvalue weighted by molar-refractivity contribution is 5.01. The predicted octanol–water partition coefficient (Wildman–Crippen LogP) is 2.00. The Bertz CT molecular complexity index is 254. The molecule has 4 fully saturated rings. The van der Waals surface area contributed by atoms with Crippen molar-refractivity contribution in [2.75, 3.05) is 13.1 Å². The lowest BCUT2D eigenvalue weighted by atomic mass is 10.1. The Balaban J connectivity index is 1.35. The summed E-state index contributed by atoms with van der Waals surface area (Å²) in [6, 6.07) is 2.71. The molecule has 2 heteroatoms. The zero-order valence-electron chi connectivity index (χ0n) is 10.2. The molecule has 0 aromatic heterocycles. The van der Waals surface area contributed by atoms with E-state index in [1.807, 2.05) is 0 Å². The number of hydrogen-bond donors (Lipinski definition) is 1. The standard InChI is InChI=1S/C14H24N2/c1-2-10(1)14(11-3-4-11)16-8-7-13(9-16)15-12-5-6-12/h10-15H,1-9H2. The Morgan fingerprint density at radius 1 is 0.812 bits per heavy atom. The fourth-order valence-electron chi connectivity index (χ4n) is 3.63. The monoisotopic (exact) mass is 220 g/mol. The van der Waals surface area contributed by atoms with Crippen molar-refractivity contribution in [1.29, 1.82) is 0 Å². The maximum absolute atomic E-state index is 3.81. The van der Waals surface area contributed by atoms with Crippen LogP contribution in [0.25, 0.3) is 0 Å². The molecule has 1 unspecified atom stereocenters. The molecule has 0 aromatic rings. The molecule has 4 aliphatic rings. The molecule has 3 aliphatic carbocycles. The molecule has 0 aromatic carbocycles. The first-order valence-corrected chi connectivity index (χ1v) is 7.40. The summed E-state index contributed by atoms with van der Waals surface area (Å²) in [6.07, 6.45) is 10.4. The van der Waals surface area contributed by atoms with Crippen molar-refractivity contribution >= 4 is 0 Å². The zero-order valence-corrected chi connectivity index (χ0v) is 10.2. The first-order chi connectivity index (χ1) is 7.90. The maximum atomic E-state index is 3.81. The molecular formula is C14H24N2. The fourth-order valence-corrected chi connectivity index (χ4v) is 3.63. The van der Waals surface area contributed by atoms with Gasteiger partial charge in [0.05, 0.1) is 0 Å². The molecule has 0 amide bonds. The Kier molecular flexibility index (Phi) is 2.29. The minimum Gasteiger partial charge on any atom is -0.310 e. The number of hydrogen-bond acceptors (Lipinski definition) is 2. The van der Waals surface area contributed by atoms with Gasteiger partial charge in [0.1, 0.15) is 0 Å². The first-order valence-electron chi connectivity index (χ1n) is 7.40. The third kappa shape index (κ3) is 2.02. The molecule has 3 saturated carbocycles. The molecular weight excluding hydrogens is 196 g/mol. The second-order valence-corrected chi connectivity index (χ2v) is 6.59. The molecule has 2 nitrogen and oxygen atoms in total. The van der Waals surface area contributed by atoms with Crippen LogP contribution in [0.1, 0.15) is 44.9 Å². The van der Waals surface area contributed by atoms with Crippen LogP contribution in [0.5, 0.6) is 0 Å². The van der Waals surface area contributed by atoms with E-state index in [2.05, 4.69) is 10.2 Å². The van der Waals surface area contributed by atoms with Gasteiger partial charge >= 0.3 is 0 Å². The summed E-state index contributed by atoms with van der Waals surface area (Å²) in [5.74, 6) is 2.18. The highest BCUT2D eigenvalue weighted by Gasteiger charge is 2.46. The van der Waals surface area contributed by atoms with Gasteiger partial charge in [-0.15, -0.1) is 0 Å². The summed E-state index contributed by atoms with van der Waals surface area (Å²) >= 11 is 0. The first kappa shape index (κ1) is 9.90. The second kappa shape index (κ2) is 3.71. The molecule has 0 bridgehead atoms. The minimum absolute atomic E-state index is 0.826.